The molecule has 1 aromatic heterocycles. The molecule has 25 heavy (non-hydrogen) atoms. The Morgan fingerprint density at radius 3 is 2.72 bits per heavy atom. The van der Waals surface area contributed by atoms with E-state index in [1.807, 2.05) is 0 Å². The van der Waals surface area contributed by atoms with E-state index in [1.54, 1.807) is 36.1 Å². The Labute approximate surface area is 150 Å². The molecule has 3 rings (SSSR count). The van der Waals surface area contributed by atoms with Gasteiger partial charge in [0.2, 0.25) is 5.89 Å². The molecule has 7 nitrogen and oxygen atoms in total. The lowest BCUT2D eigenvalue weighted by molar-refractivity contribution is 0.0786. The molecule has 3 amide bonds. The fraction of sp³-hybridized carbons (Fsp3) is 0.353. The number of nitrogens with zero attached hydrogens (tertiary/aromatic N) is 2. The fourth-order valence-electron chi connectivity index (χ4n) is 2.68. The van der Waals surface area contributed by atoms with Crippen molar-refractivity contribution in [3.05, 3.63) is 46.6 Å². The minimum atomic E-state index is -0.434. The Bertz CT molecular complexity index is 784. The molecule has 2 aromatic rings. The summed E-state index contributed by atoms with van der Waals surface area (Å²) in [5, 5.41) is 5.72. The molecule has 132 valence electrons. The SMILES string of the molecule is Cc1oc(CNC(=O)Nc2ccccc2Cl)nc1C(=O)N1CCCC1. The van der Waals surface area contributed by atoms with Crippen LogP contribution in [-0.2, 0) is 6.54 Å². The Kier molecular flexibility index (Phi) is 5.23. The number of aryl methyl sites for hydroxylation is 1. The number of anilines is 1. The number of likely N-dealkylation sites (tertiary alicyclic amines) is 1. The molecule has 2 heterocycles. The number of hydrogen-bond donors (Lipinski definition) is 2. The minimum absolute atomic E-state index is 0.0738. The zero-order chi connectivity index (χ0) is 17.8. The third-order valence-corrected chi connectivity index (χ3v) is 4.29. The van der Waals surface area contributed by atoms with Crippen molar-refractivity contribution in [3.63, 3.8) is 0 Å². The number of urea groups is 1. The average Bonchev–Trinajstić information content (AvgIpc) is 3.24. The standard InChI is InChI=1S/C17H19ClN4O3/c1-11-15(16(23)22-8-4-5-9-22)21-14(25-11)10-19-17(24)20-13-7-3-2-6-12(13)18/h2-3,6-7H,4-5,8-10H2,1H3,(H2,19,20,24). The molecule has 0 radical (unpaired) electrons. The highest BCUT2D eigenvalue weighted by molar-refractivity contribution is 6.33. The van der Waals surface area contributed by atoms with Gasteiger partial charge in [0.1, 0.15) is 5.76 Å². The molecule has 0 saturated carbocycles. The van der Waals surface area contributed by atoms with E-state index in [0.29, 0.717) is 22.2 Å². The van der Waals surface area contributed by atoms with Gasteiger partial charge in [-0.25, -0.2) is 9.78 Å². The van der Waals surface area contributed by atoms with Crippen molar-refractivity contribution in [2.24, 2.45) is 0 Å². The van der Waals surface area contributed by atoms with Gasteiger partial charge in [0.25, 0.3) is 5.91 Å². The summed E-state index contributed by atoms with van der Waals surface area (Å²) in [4.78, 5) is 30.3. The van der Waals surface area contributed by atoms with Gasteiger partial charge in [-0.1, -0.05) is 23.7 Å². The molecular weight excluding hydrogens is 344 g/mol. The molecule has 2 N–H and O–H groups in total. The second kappa shape index (κ2) is 7.57. The predicted molar refractivity (Wildman–Crippen MR) is 93.7 cm³/mol. The summed E-state index contributed by atoms with van der Waals surface area (Å²) in [6, 6.07) is 6.50. The minimum Gasteiger partial charge on any atom is -0.443 e. The molecule has 0 bridgehead atoms. The largest absolute Gasteiger partial charge is 0.443 e. The van der Waals surface area contributed by atoms with Crippen LogP contribution in [0.5, 0.6) is 0 Å². The first kappa shape index (κ1) is 17.3. The van der Waals surface area contributed by atoms with Gasteiger partial charge in [0.15, 0.2) is 5.69 Å². The van der Waals surface area contributed by atoms with Gasteiger partial charge in [-0.05, 0) is 31.9 Å². The Morgan fingerprint density at radius 2 is 2.00 bits per heavy atom. The molecule has 1 aliphatic heterocycles. The van der Waals surface area contributed by atoms with Crippen LogP contribution in [0.4, 0.5) is 10.5 Å². The van der Waals surface area contributed by atoms with Gasteiger partial charge >= 0.3 is 6.03 Å². The van der Waals surface area contributed by atoms with Crippen LogP contribution in [0, 0.1) is 6.92 Å². The number of carbonyl (C=O) groups excluding carboxylic acids is 2. The van der Waals surface area contributed by atoms with Gasteiger partial charge in [0.05, 0.1) is 17.3 Å². The number of amides is 3. The summed E-state index contributed by atoms with van der Waals surface area (Å²) < 4.78 is 5.49. The fourth-order valence-corrected chi connectivity index (χ4v) is 2.86. The molecular formula is C17H19ClN4O3. The van der Waals surface area contributed by atoms with E-state index >= 15 is 0 Å². The Balaban J connectivity index is 1.58. The number of halogens is 1. The van der Waals surface area contributed by atoms with Crippen molar-refractivity contribution < 1.29 is 14.0 Å². The van der Waals surface area contributed by atoms with Crippen LogP contribution in [0.25, 0.3) is 0 Å². The lowest BCUT2D eigenvalue weighted by atomic mass is 10.3. The van der Waals surface area contributed by atoms with E-state index < -0.39 is 6.03 Å². The van der Waals surface area contributed by atoms with Crippen molar-refractivity contribution in [2.45, 2.75) is 26.3 Å². The van der Waals surface area contributed by atoms with E-state index in [0.717, 1.165) is 25.9 Å². The second-order valence-corrected chi connectivity index (χ2v) is 6.21. The number of rotatable bonds is 4. The quantitative estimate of drug-likeness (QED) is 0.874. The van der Waals surface area contributed by atoms with Crippen LogP contribution in [-0.4, -0.2) is 34.9 Å². The lowest BCUT2D eigenvalue weighted by Gasteiger charge is -2.13. The highest BCUT2D eigenvalue weighted by Crippen LogP contribution is 2.20. The maximum atomic E-state index is 12.4. The van der Waals surface area contributed by atoms with Gasteiger partial charge in [-0.15, -0.1) is 0 Å². The first-order chi connectivity index (χ1) is 12.0. The predicted octanol–water partition coefficient (Wildman–Crippen LogP) is 3.19. The number of oxazole rings is 1. The number of carbonyl (C=O) groups is 2. The molecule has 8 heteroatoms. The van der Waals surface area contributed by atoms with Crippen molar-refractivity contribution in [1.29, 1.82) is 0 Å². The number of benzene rings is 1. The number of aromatic nitrogens is 1. The van der Waals surface area contributed by atoms with E-state index in [-0.39, 0.29) is 18.3 Å². The van der Waals surface area contributed by atoms with E-state index in [4.69, 9.17) is 16.0 Å². The molecule has 0 unspecified atom stereocenters. The molecule has 1 saturated heterocycles. The first-order valence-electron chi connectivity index (χ1n) is 8.09. The summed E-state index contributed by atoms with van der Waals surface area (Å²) >= 11 is 5.99. The highest BCUT2D eigenvalue weighted by atomic mass is 35.5. The Hall–Kier alpha value is -2.54. The maximum absolute atomic E-state index is 12.4. The molecule has 0 spiro atoms. The van der Waals surface area contributed by atoms with Crippen LogP contribution in [0.1, 0.15) is 35.0 Å². The van der Waals surface area contributed by atoms with Crippen LogP contribution < -0.4 is 10.6 Å². The zero-order valence-electron chi connectivity index (χ0n) is 13.8. The van der Waals surface area contributed by atoms with Crippen molar-refractivity contribution >= 4 is 29.2 Å². The molecule has 1 fully saturated rings. The average molecular weight is 363 g/mol. The first-order valence-corrected chi connectivity index (χ1v) is 8.47. The van der Waals surface area contributed by atoms with E-state index in [9.17, 15) is 9.59 Å². The smallest absolute Gasteiger partial charge is 0.319 e. The molecule has 0 atom stereocenters. The summed E-state index contributed by atoms with van der Waals surface area (Å²) in [5.74, 6) is 0.625. The molecule has 1 aliphatic rings. The van der Waals surface area contributed by atoms with Gasteiger partial charge in [-0.3, -0.25) is 4.79 Å². The van der Waals surface area contributed by atoms with Crippen molar-refractivity contribution in [1.82, 2.24) is 15.2 Å². The Morgan fingerprint density at radius 1 is 1.28 bits per heavy atom. The normalized spacial score (nSPS) is 13.8. The van der Waals surface area contributed by atoms with Gasteiger partial charge in [0, 0.05) is 13.1 Å². The maximum Gasteiger partial charge on any atom is 0.319 e. The number of nitrogens with one attached hydrogen (secondary N) is 2. The van der Waals surface area contributed by atoms with Crippen LogP contribution in [0.15, 0.2) is 28.7 Å². The molecule has 1 aromatic carbocycles. The highest BCUT2D eigenvalue weighted by Gasteiger charge is 2.25. The summed E-state index contributed by atoms with van der Waals surface area (Å²) in [7, 11) is 0. The monoisotopic (exact) mass is 362 g/mol. The second-order valence-electron chi connectivity index (χ2n) is 5.80. The third kappa shape index (κ3) is 4.11. The number of hydrogen-bond acceptors (Lipinski definition) is 4. The van der Waals surface area contributed by atoms with Crippen LogP contribution in [0.3, 0.4) is 0 Å². The summed E-state index contributed by atoms with van der Waals surface area (Å²) in [6.45, 7) is 3.27. The van der Waals surface area contributed by atoms with E-state index in [1.165, 1.54) is 0 Å². The zero-order valence-corrected chi connectivity index (χ0v) is 14.6. The lowest BCUT2D eigenvalue weighted by Crippen LogP contribution is -2.29. The van der Waals surface area contributed by atoms with Crippen LogP contribution >= 0.6 is 11.6 Å². The van der Waals surface area contributed by atoms with Crippen molar-refractivity contribution in [3.8, 4) is 0 Å². The van der Waals surface area contributed by atoms with Gasteiger partial charge < -0.3 is 20.0 Å². The molecule has 0 aliphatic carbocycles. The topological polar surface area (TPSA) is 87.5 Å². The van der Waals surface area contributed by atoms with Crippen LogP contribution in [0.2, 0.25) is 5.02 Å². The third-order valence-electron chi connectivity index (χ3n) is 3.96. The summed E-state index contributed by atoms with van der Waals surface area (Å²) in [6.07, 6.45) is 2.03. The summed E-state index contributed by atoms with van der Waals surface area (Å²) in [5.41, 5.74) is 0.820. The van der Waals surface area contributed by atoms with Gasteiger partial charge in [-0.2, -0.15) is 0 Å². The number of para-hydroxylation sites is 1. The van der Waals surface area contributed by atoms with E-state index in [2.05, 4.69) is 15.6 Å². The van der Waals surface area contributed by atoms with Crippen molar-refractivity contribution in [2.75, 3.05) is 18.4 Å².